The number of fused-ring (bicyclic) bond motifs is 1. The summed E-state index contributed by atoms with van der Waals surface area (Å²) in [5.74, 6) is -0.171. The van der Waals surface area contributed by atoms with Gasteiger partial charge in [-0.2, -0.15) is 0 Å². The Morgan fingerprint density at radius 1 is 1.42 bits per heavy atom. The number of carbonyl (C=O) groups is 2. The minimum atomic E-state index is -0.502. The fraction of sp³-hybridized carbons (Fsp3) is 0.857. The molecular weight excluding hydrogens is 244 g/mol. The van der Waals surface area contributed by atoms with Crippen LogP contribution in [0.1, 0.15) is 39.5 Å². The maximum Gasteiger partial charge on any atom is 0.320 e. The maximum atomic E-state index is 12.4. The summed E-state index contributed by atoms with van der Waals surface area (Å²) in [5.41, 5.74) is -0.502. The van der Waals surface area contributed by atoms with Crippen molar-refractivity contribution in [1.29, 1.82) is 0 Å². The number of methoxy groups -OCH3 is 1. The minimum Gasteiger partial charge on any atom is -0.469 e. The van der Waals surface area contributed by atoms with E-state index in [4.69, 9.17) is 4.74 Å². The lowest BCUT2D eigenvalue weighted by Gasteiger charge is -2.49. The van der Waals surface area contributed by atoms with Crippen molar-refractivity contribution in [1.82, 2.24) is 9.80 Å². The molecule has 2 fully saturated rings. The molecule has 0 radical (unpaired) electrons. The molecule has 19 heavy (non-hydrogen) atoms. The second-order valence-electron chi connectivity index (χ2n) is 5.60. The van der Waals surface area contributed by atoms with Crippen molar-refractivity contribution >= 4 is 12.0 Å². The van der Waals surface area contributed by atoms with Crippen molar-refractivity contribution < 1.29 is 14.3 Å². The van der Waals surface area contributed by atoms with Crippen LogP contribution in [0.2, 0.25) is 0 Å². The Balaban J connectivity index is 2.19. The molecule has 2 saturated heterocycles. The Hall–Kier alpha value is -1.26. The van der Waals surface area contributed by atoms with Crippen molar-refractivity contribution in [3.05, 3.63) is 0 Å². The van der Waals surface area contributed by atoms with Crippen molar-refractivity contribution in [2.24, 2.45) is 5.41 Å². The average Bonchev–Trinajstić information content (AvgIpc) is 2.46. The van der Waals surface area contributed by atoms with Gasteiger partial charge in [0.05, 0.1) is 12.5 Å². The third-order valence-corrected chi connectivity index (χ3v) is 4.80. The maximum absolute atomic E-state index is 12.4. The fourth-order valence-corrected chi connectivity index (χ4v) is 3.35. The van der Waals surface area contributed by atoms with E-state index in [-0.39, 0.29) is 12.0 Å². The summed E-state index contributed by atoms with van der Waals surface area (Å²) in [7, 11) is 1.43. The van der Waals surface area contributed by atoms with Crippen LogP contribution in [-0.4, -0.2) is 54.6 Å². The zero-order valence-electron chi connectivity index (χ0n) is 12.1. The first-order chi connectivity index (χ1) is 9.07. The number of nitrogens with zero attached hydrogens (tertiary/aromatic N) is 2. The molecule has 2 aliphatic rings. The Morgan fingerprint density at radius 2 is 2.16 bits per heavy atom. The third-order valence-electron chi connectivity index (χ3n) is 4.80. The van der Waals surface area contributed by atoms with E-state index in [0.717, 1.165) is 38.8 Å². The summed E-state index contributed by atoms with van der Waals surface area (Å²) in [5, 5.41) is 0. The summed E-state index contributed by atoms with van der Waals surface area (Å²) in [4.78, 5) is 28.2. The number of ether oxygens (including phenoxy) is 1. The van der Waals surface area contributed by atoms with E-state index in [1.807, 2.05) is 23.6 Å². The Morgan fingerprint density at radius 3 is 2.74 bits per heavy atom. The highest BCUT2D eigenvalue weighted by atomic mass is 16.5. The van der Waals surface area contributed by atoms with E-state index in [1.165, 1.54) is 7.11 Å². The number of amides is 2. The topological polar surface area (TPSA) is 49.9 Å². The normalized spacial score (nSPS) is 31.1. The SMILES string of the molecule is CCN1CCC2CCC(CC)(C(=O)OC)CN2C1=O. The molecule has 0 spiro atoms. The first-order valence-corrected chi connectivity index (χ1v) is 7.22. The van der Waals surface area contributed by atoms with E-state index in [2.05, 4.69) is 0 Å². The highest BCUT2D eigenvalue weighted by Crippen LogP contribution is 2.39. The molecule has 0 saturated carbocycles. The Kier molecular flexibility index (Phi) is 4.02. The van der Waals surface area contributed by atoms with E-state index in [0.29, 0.717) is 12.6 Å². The molecule has 2 heterocycles. The van der Waals surface area contributed by atoms with Gasteiger partial charge in [0.15, 0.2) is 0 Å². The third kappa shape index (κ3) is 2.30. The van der Waals surface area contributed by atoms with Crippen LogP contribution in [0.4, 0.5) is 4.79 Å². The van der Waals surface area contributed by atoms with Crippen LogP contribution in [-0.2, 0) is 9.53 Å². The summed E-state index contributed by atoms with van der Waals surface area (Å²) >= 11 is 0. The number of esters is 1. The van der Waals surface area contributed by atoms with Gasteiger partial charge >= 0.3 is 12.0 Å². The highest BCUT2D eigenvalue weighted by Gasteiger charge is 2.48. The molecule has 0 aliphatic carbocycles. The quantitative estimate of drug-likeness (QED) is 0.734. The molecule has 0 aromatic carbocycles. The van der Waals surface area contributed by atoms with Gasteiger partial charge in [-0.15, -0.1) is 0 Å². The smallest absolute Gasteiger partial charge is 0.320 e. The summed E-state index contributed by atoms with van der Waals surface area (Å²) in [6.07, 6.45) is 3.48. The van der Waals surface area contributed by atoms with Gasteiger partial charge in [0.1, 0.15) is 0 Å². The Bertz CT molecular complexity index is 372. The van der Waals surface area contributed by atoms with Crippen molar-refractivity contribution in [3.63, 3.8) is 0 Å². The van der Waals surface area contributed by atoms with Crippen LogP contribution < -0.4 is 0 Å². The number of piperidine rings is 1. The molecule has 2 atom stereocenters. The Labute approximate surface area is 114 Å². The molecule has 0 aromatic rings. The van der Waals surface area contributed by atoms with Crippen LogP contribution in [0.25, 0.3) is 0 Å². The van der Waals surface area contributed by atoms with E-state index < -0.39 is 5.41 Å². The molecule has 5 heteroatoms. The van der Waals surface area contributed by atoms with E-state index >= 15 is 0 Å². The van der Waals surface area contributed by atoms with E-state index in [1.54, 1.807) is 0 Å². The standard InChI is InChI=1S/C14H24N2O3/c1-4-14(12(17)19-3)8-6-11-7-9-15(5-2)13(18)16(11)10-14/h11H,4-10H2,1-3H3. The van der Waals surface area contributed by atoms with Crippen LogP contribution >= 0.6 is 0 Å². The molecule has 2 aliphatic heterocycles. The largest absolute Gasteiger partial charge is 0.469 e. The highest BCUT2D eigenvalue weighted by molar-refractivity contribution is 5.80. The van der Waals surface area contributed by atoms with Crippen LogP contribution in [0.15, 0.2) is 0 Å². The monoisotopic (exact) mass is 268 g/mol. The molecular formula is C14H24N2O3. The van der Waals surface area contributed by atoms with Gasteiger partial charge in [0.25, 0.3) is 0 Å². The zero-order valence-corrected chi connectivity index (χ0v) is 12.1. The molecule has 2 rings (SSSR count). The summed E-state index contributed by atoms with van der Waals surface area (Å²) in [6.45, 7) is 6.09. The van der Waals surface area contributed by atoms with Gasteiger partial charge in [-0.3, -0.25) is 4.79 Å². The average molecular weight is 268 g/mol. The molecule has 2 amide bonds. The van der Waals surface area contributed by atoms with E-state index in [9.17, 15) is 9.59 Å². The van der Waals surface area contributed by atoms with Crippen molar-refractivity contribution in [2.75, 3.05) is 26.7 Å². The van der Waals surface area contributed by atoms with Crippen molar-refractivity contribution in [2.45, 2.75) is 45.6 Å². The molecule has 0 bridgehead atoms. The van der Waals surface area contributed by atoms with Crippen LogP contribution in [0.3, 0.4) is 0 Å². The number of hydrogen-bond acceptors (Lipinski definition) is 3. The van der Waals surface area contributed by atoms with Gasteiger partial charge in [-0.1, -0.05) is 6.92 Å². The lowest BCUT2D eigenvalue weighted by Crippen LogP contribution is -2.61. The molecule has 0 N–H and O–H groups in total. The molecule has 2 unspecified atom stereocenters. The summed E-state index contributed by atoms with van der Waals surface area (Å²) < 4.78 is 4.96. The number of urea groups is 1. The lowest BCUT2D eigenvalue weighted by atomic mass is 9.74. The predicted molar refractivity (Wildman–Crippen MR) is 71.7 cm³/mol. The zero-order chi connectivity index (χ0) is 14.0. The van der Waals surface area contributed by atoms with Gasteiger partial charge < -0.3 is 14.5 Å². The van der Waals surface area contributed by atoms with Gasteiger partial charge in [-0.25, -0.2) is 4.79 Å². The number of carbonyl (C=O) groups excluding carboxylic acids is 2. The fourth-order valence-electron chi connectivity index (χ4n) is 3.35. The van der Waals surface area contributed by atoms with Crippen molar-refractivity contribution in [3.8, 4) is 0 Å². The minimum absolute atomic E-state index is 0.0835. The van der Waals surface area contributed by atoms with Gasteiger partial charge in [0, 0.05) is 25.7 Å². The second-order valence-corrected chi connectivity index (χ2v) is 5.60. The second kappa shape index (κ2) is 5.39. The first kappa shape index (κ1) is 14.2. The number of hydrogen-bond donors (Lipinski definition) is 0. The molecule has 108 valence electrons. The first-order valence-electron chi connectivity index (χ1n) is 7.22. The molecule has 0 aromatic heterocycles. The lowest BCUT2D eigenvalue weighted by molar-refractivity contribution is -0.157. The van der Waals surface area contributed by atoms with Crippen LogP contribution in [0, 0.1) is 5.41 Å². The van der Waals surface area contributed by atoms with Gasteiger partial charge in [-0.05, 0) is 32.6 Å². The van der Waals surface area contributed by atoms with Gasteiger partial charge in [0.2, 0.25) is 0 Å². The summed E-state index contributed by atoms with van der Waals surface area (Å²) in [6, 6.07) is 0.389. The number of rotatable bonds is 3. The molecule has 5 nitrogen and oxygen atoms in total. The van der Waals surface area contributed by atoms with Crippen LogP contribution in [0.5, 0.6) is 0 Å². The predicted octanol–water partition coefficient (Wildman–Crippen LogP) is 1.87.